The molecule has 1 aliphatic rings. The molecular formula is C12H20N4O5. The average Bonchev–Trinajstić information content (AvgIpc) is 2.44. The van der Waals surface area contributed by atoms with Crippen molar-refractivity contribution in [2.75, 3.05) is 19.6 Å². The highest BCUT2D eigenvalue weighted by molar-refractivity contribution is 5.89. The molecular weight excluding hydrogens is 280 g/mol. The number of primary amides is 1. The second-order valence-corrected chi connectivity index (χ2v) is 4.83. The van der Waals surface area contributed by atoms with E-state index in [4.69, 9.17) is 10.8 Å². The van der Waals surface area contributed by atoms with Gasteiger partial charge in [-0.25, -0.2) is 9.59 Å². The van der Waals surface area contributed by atoms with Gasteiger partial charge in [0.2, 0.25) is 11.8 Å². The average molecular weight is 300 g/mol. The Labute approximate surface area is 121 Å². The lowest BCUT2D eigenvalue weighted by Gasteiger charge is -2.26. The van der Waals surface area contributed by atoms with E-state index in [2.05, 4.69) is 10.6 Å². The van der Waals surface area contributed by atoms with Crippen LogP contribution in [0.15, 0.2) is 0 Å². The van der Waals surface area contributed by atoms with Gasteiger partial charge >= 0.3 is 12.0 Å². The highest BCUT2D eigenvalue weighted by Gasteiger charge is 2.23. The molecule has 0 radical (unpaired) electrons. The molecule has 0 unspecified atom stereocenters. The first kappa shape index (κ1) is 16.7. The zero-order valence-electron chi connectivity index (χ0n) is 11.6. The molecule has 1 atom stereocenters. The zero-order valence-corrected chi connectivity index (χ0v) is 11.6. The molecule has 1 saturated heterocycles. The first-order valence-corrected chi connectivity index (χ1v) is 6.73. The van der Waals surface area contributed by atoms with E-state index < -0.39 is 30.4 Å². The van der Waals surface area contributed by atoms with Crippen LogP contribution < -0.4 is 16.4 Å². The maximum atomic E-state index is 11.8. The Morgan fingerprint density at radius 1 is 1.14 bits per heavy atom. The van der Waals surface area contributed by atoms with Gasteiger partial charge in [-0.1, -0.05) is 0 Å². The molecule has 21 heavy (non-hydrogen) atoms. The molecule has 0 aromatic rings. The van der Waals surface area contributed by atoms with Crippen LogP contribution in [-0.2, 0) is 14.4 Å². The predicted octanol–water partition coefficient (Wildman–Crippen LogP) is -1.37. The monoisotopic (exact) mass is 300 g/mol. The van der Waals surface area contributed by atoms with Crippen molar-refractivity contribution in [3.63, 3.8) is 0 Å². The summed E-state index contributed by atoms with van der Waals surface area (Å²) in [5, 5.41) is 13.2. The molecule has 0 saturated carbocycles. The lowest BCUT2D eigenvalue weighted by Crippen LogP contribution is -2.50. The molecule has 9 nitrogen and oxygen atoms in total. The predicted molar refractivity (Wildman–Crippen MR) is 72.2 cm³/mol. The number of carboxylic acids is 1. The van der Waals surface area contributed by atoms with Gasteiger partial charge in [0.25, 0.3) is 0 Å². The first-order chi connectivity index (χ1) is 9.90. The van der Waals surface area contributed by atoms with Crippen molar-refractivity contribution in [3.8, 4) is 0 Å². The lowest BCUT2D eigenvalue weighted by atomic mass is 10.1. The number of amides is 4. The van der Waals surface area contributed by atoms with Crippen LogP contribution >= 0.6 is 0 Å². The second-order valence-electron chi connectivity index (χ2n) is 4.83. The third-order valence-electron chi connectivity index (χ3n) is 3.12. The van der Waals surface area contributed by atoms with Crippen LogP contribution in [0.4, 0.5) is 4.79 Å². The number of nitrogens with zero attached hydrogens (tertiary/aromatic N) is 1. The summed E-state index contributed by atoms with van der Waals surface area (Å²) in [5.41, 5.74) is 4.89. The maximum Gasteiger partial charge on any atom is 0.326 e. The van der Waals surface area contributed by atoms with Crippen molar-refractivity contribution < 1.29 is 24.3 Å². The fourth-order valence-corrected chi connectivity index (χ4v) is 2.02. The number of hydrogen-bond acceptors (Lipinski definition) is 4. The van der Waals surface area contributed by atoms with Gasteiger partial charge < -0.3 is 26.4 Å². The van der Waals surface area contributed by atoms with E-state index in [9.17, 15) is 19.2 Å². The summed E-state index contributed by atoms with van der Waals surface area (Å²) in [6.45, 7) is 1.12. The van der Waals surface area contributed by atoms with Crippen molar-refractivity contribution in [1.82, 2.24) is 15.5 Å². The van der Waals surface area contributed by atoms with Gasteiger partial charge in [-0.15, -0.1) is 0 Å². The summed E-state index contributed by atoms with van der Waals surface area (Å²) >= 11 is 0. The minimum absolute atomic E-state index is 0.214. The molecule has 1 fully saturated rings. The number of urea groups is 1. The minimum atomic E-state index is -1.41. The number of carboxylic acid groups (broad SMARTS) is 1. The van der Waals surface area contributed by atoms with E-state index in [1.807, 2.05) is 0 Å². The molecule has 1 rings (SSSR count). The molecule has 118 valence electrons. The highest BCUT2D eigenvalue weighted by Crippen LogP contribution is 2.08. The Balaban J connectivity index is 2.36. The maximum absolute atomic E-state index is 11.8. The largest absolute Gasteiger partial charge is 0.480 e. The Bertz CT molecular complexity index is 420. The molecule has 0 aromatic carbocycles. The van der Waals surface area contributed by atoms with Gasteiger partial charge in [0.15, 0.2) is 0 Å². The Kier molecular flexibility index (Phi) is 6.44. The number of rotatable bonds is 6. The quantitative estimate of drug-likeness (QED) is 0.478. The molecule has 1 heterocycles. The summed E-state index contributed by atoms with van der Waals surface area (Å²) in [4.78, 5) is 46.5. The minimum Gasteiger partial charge on any atom is -0.480 e. The number of nitrogens with two attached hydrogens (primary N) is 1. The third-order valence-corrected chi connectivity index (χ3v) is 3.12. The standard InChI is InChI=1S/C12H20N4O5/c13-9(17)6-8(11(19)20)15-12(21)14-7-10(18)16-4-2-1-3-5-16/h8H,1-7H2,(H2,13,17)(H,19,20)(H2,14,15,21)/t8-/m0/s1. The van der Waals surface area contributed by atoms with Crippen molar-refractivity contribution in [3.05, 3.63) is 0 Å². The highest BCUT2D eigenvalue weighted by atomic mass is 16.4. The van der Waals surface area contributed by atoms with E-state index in [0.717, 1.165) is 19.3 Å². The fraction of sp³-hybridized carbons (Fsp3) is 0.667. The van der Waals surface area contributed by atoms with Crippen molar-refractivity contribution in [2.45, 2.75) is 31.7 Å². The van der Waals surface area contributed by atoms with Gasteiger partial charge in [0.1, 0.15) is 6.04 Å². The van der Waals surface area contributed by atoms with E-state index in [0.29, 0.717) is 13.1 Å². The van der Waals surface area contributed by atoms with Crippen LogP contribution in [0.5, 0.6) is 0 Å². The number of hydrogen-bond donors (Lipinski definition) is 4. The van der Waals surface area contributed by atoms with Crippen LogP contribution in [0.1, 0.15) is 25.7 Å². The van der Waals surface area contributed by atoms with Gasteiger partial charge in [0, 0.05) is 13.1 Å². The second kappa shape index (κ2) is 8.08. The lowest BCUT2D eigenvalue weighted by molar-refractivity contribution is -0.140. The molecule has 4 amide bonds. The normalized spacial score (nSPS) is 15.9. The Morgan fingerprint density at radius 2 is 1.76 bits per heavy atom. The van der Waals surface area contributed by atoms with E-state index in [-0.39, 0.29) is 12.5 Å². The van der Waals surface area contributed by atoms with Gasteiger partial charge in [-0.2, -0.15) is 0 Å². The third kappa shape index (κ3) is 6.11. The van der Waals surface area contributed by atoms with Crippen LogP contribution in [0.2, 0.25) is 0 Å². The van der Waals surface area contributed by atoms with E-state index in [1.54, 1.807) is 4.90 Å². The topological polar surface area (TPSA) is 142 Å². The van der Waals surface area contributed by atoms with Crippen LogP contribution in [0.3, 0.4) is 0 Å². The van der Waals surface area contributed by atoms with Gasteiger partial charge in [-0.05, 0) is 19.3 Å². The number of nitrogens with one attached hydrogen (secondary N) is 2. The summed E-state index contributed by atoms with van der Waals surface area (Å²) in [6.07, 6.45) is 2.46. The molecule has 0 spiro atoms. The molecule has 0 bridgehead atoms. The summed E-state index contributed by atoms with van der Waals surface area (Å²) in [5.74, 6) is -2.43. The van der Waals surface area contributed by atoms with Crippen LogP contribution in [0.25, 0.3) is 0 Å². The smallest absolute Gasteiger partial charge is 0.326 e. The SMILES string of the molecule is NC(=O)C[C@H](NC(=O)NCC(=O)N1CCCCC1)C(=O)O. The summed E-state index contributed by atoms with van der Waals surface area (Å²) in [6, 6.07) is -2.23. The zero-order chi connectivity index (χ0) is 15.8. The Morgan fingerprint density at radius 3 is 2.29 bits per heavy atom. The van der Waals surface area contributed by atoms with Crippen molar-refractivity contribution in [1.29, 1.82) is 0 Å². The number of carbonyl (C=O) groups excluding carboxylic acids is 3. The molecule has 1 aliphatic heterocycles. The fourth-order valence-electron chi connectivity index (χ4n) is 2.02. The molecule has 9 heteroatoms. The number of carbonyl (C=O) groups is 4. The number of aliphatic carboxylic acids is 1. The van der Waals surface area contributed by atoms with E-state index in [1.165, 1.54) is 0 Å². The van der Waals surface area contributed by atoms with Crippen molar-refractivity contribution >= 4 is 23.8 Å². The number of likely N-dealkylation sites (tertiary alicyclic amines) is 1. The molecule has 0 aromatic heterocycles. The molecule has 0 aliphatic carbocycles. The van der Waals surface area contributed by atoms with E-state index >= 15 is 0 Å². The summed E-state index contributed by atoms with van der Waals surface area (Å²) in [7, 11) is 0. The number of piperidine rings is 1. The van der Waals surface area contributed by atoms with Crippen LogP contribution in [0, 0.1) is 0 Å². The van der Waals surface area contributed by atoms with Crippen LogP contribution in [-0.4, -0.2) is 59.5 Å². The summed E-state index contributed by atoms with van der Waals surface area (Å²) < 4.78 is 0. The van der Waals surface area contributed by atoms with Crippen molar-refractivity contribution in [2.24, 2.45) is 5.73 Å². The Hall–Kier alpha value is -2.32. The molecule has 5 N–H and O–H groups in total. The first-order valence-electron chi connectivity index (χ1n) is 6.73. The van der Waals surface area contributed by atoms with Gasteiger partial charge in [0.05, 0.1) is 13.0 Å². The van der Waals surface area contributed by atoms with Gasteiger partial charge in [-0.3, -0.25) is 9.59 Å².